The summed E-state index contributed by atoms with van der Waals surface area (Å²) in [5.74, 6) is -0.208. The summed E-state index contributed by atoms with van der Waals surface area (Å²) >= 11 is 6.31. The third-order valence-electron chi connectivity index (χ3n) is 2.51. The number of carbonyl (C=O) groups excluding carboxylic acids is 1. The molecule has 1 amide bonds. The van der Waals surface area contributed by atoms with Crippen molar-refractivity contribution in [2.75, 3.05) is 6.54 Å². The number of nitrogens with zero attached hydrogens (tertiary/aromatic N) is 2. The molecule has 1 fully saturated rings. The van der Waals surface area contributed by atoms with Crippen molar-refractivity contribution in [1.82, 2.24) is 10.4 Å². The van der Waals surface area contributed by atoms with Crippen LogP contribution >= 0.6 is 24.0 Å². The highest BCUT2D eigenvalue weighted by atomic mass is 32.2. The van der Waals surface area contributed by atoms with Gasteiger partial charge in [-0.25, -0.2) is 10.4 Å². The highest BCUT2D eigenvalue weighted by Gasteiger charge is 2.31. The number of hydrogen-bond acceptors (Lipinski definition) is 6. The molecule has 0 bridgehead atoms. The topological polar surface area (TPSA) is 75.5 Å². The lowest BCUT2D eigenvalue weighted by Gasteiger charge is -2.13. The maximum atomic E-state index is 12.1. The molecule has 1 aromatic rings. The molecular weight excluding hydrogens is 298 g/mol. The van der Waals surface area contributed by atoms with Gasteiger partial charge in [0.15, 0.2) is 4.32 Å². The normalized spacial score (nSPS) is 17.1. The predicted octanol–water partition coefficient (Wildman–Crippen LogP) is 2.32. The van der Waals surface area contributed by atoms with Crippen LogP contribution in [0.15, 0.2) is 29.2 Å². The smallest absolute Gasteiger partial charge is 0.267 e. The van der Waals surface area contributed by atoms with Gasteiger partial charge in [-0.3, -0.25) is 14.9 Å². The Kier molecular flexibility index (Phi) is 4.48. The van der Waals surface area contributed by atoms with Crippen LogP contribution in [0.4, 0.5) is 5.69 Å². The number of carbonyl (C=O) groups is 1. The Morgan fingerprint density at radius 2 is 2.10 bits per heavy atom. The summed E-state index contributed by atoms with van der Waals surface area (Å²) in [6, 6.07) is 5.99. The SMILES string of the molecule is CCNN1C(=O)/C(=C\c2ccc([N+](=O)[O-])cc2)SC1=S. The van der Waals surface area contributed by atoms with E-state index in [-0.39, 0.29) is 11.6 Å². The monoisotopic (exact) mass is 309 g/mol. The minimum Gasteiger partial charge on any atom is -0.267 e. The summed E-state index contributed by atoms with van der Waals surface area (Å²) in [5.41, 5.74) is 3.61. The van der Waals surface area contributed by atoms with Gasteiger partial charge in [0.1, 0.15) is 0 Å². The molecule has 1 aliphatic rings. The molecule has 1 heterocycles. The molecule has 0 saturated carbocycles. The molecule has 0 spiro atoms. The standard InChI is InChI=1S/C12H11N3O3S2/c1-2-13-14-11(16)10(20-12(14)19)7-8-3-5-9(6-4-8)15(17)18/h3-7,13H,2H2,1H3/b10-7+. The molecule has 0 atom stereocenters. The fraction of sp³-hybridized carbons (Fsp3) is 0.167. The second-order valence-electron chi connectivity index (χ2n) is 3.88. The zero-order valence-electron chi connectivity index (χ0n) is 10.5. The zero-order chi connectivity index (χ0) is 14.7. The second-order valence-corrected chi connectivity index (χ2v) is 5.55. The first-order valence-corrected chi connectivity index (χ1v) is 7.01. The first-order chi connectivity index (χ1) is 9.52. The molecule has 2 rings (SSSR count). The molecule has 8 heteroatoms. The van der Waals surface area contributed by atoms with Crippen molar-refractivity contribution < 1.29 is 9.72 Å². The van der Waals surface area contributed by atoms with Gasteiger partial charge in [0.2, 0.25) is 0 Å². The first kappa shape index (κ1) is 14.6. The van der Waals surface area contributed by atoms with Crippen molar-refractivity contribution in [3.63, 3.8) is 0 Å². The van der Waals surface area contributed by atoms with E-state index < -0.39 is 4.92 Å². The van der Waals surface area contributed by atoms with Gasteiger partial charge in [-0.2, -0.15) is 0 Å². The van der Waals surface area contributed by atoms with E-state index in [2.05, 4.69) is 5.43 Å². The van der Waals surface area contributed by atoms with Crippen LogP contribution in [-0.2, 0) is 4.79 Å². The Bertz CT molecular complexity index is 598. The van der Waals surface area contributed by atoms with Crippen molar-refractivity contribution in [3.05, 3.63) is 44.8 Å². The molecule has 0 aromatic heterocycles. The lowest BCUT2D eigenvalue weighted by atomic mass is 10.2. The van der Waals surface area contributed by atoms with Gasteiger partial charge in [-0.15, -0.1) is 0 Å². The average molecular weight is 309 g/mol. The number of non-ortho nitro benzene ring substituents is 1. The molecule has 1 aromatic carbocycles. The molecule has 0 unspecified atom stereocenters. The minimum absolute atomic E-state index is 0.0161. The van der Waals surface area contributed by atoms with E-state index in [1.807, 2.05) is 6.92 Å². The summed E-state index contributed by atoms with van der Waals surface area (Å²) in [6.07, 6.45) is 1.67. The van der Waals surface area contributed by atoms with E-state index in [0.29, 0.717) is 21.3 Å². The number of thiocarbonyl (C=S) groups is 1. The van der Waals surface area contributed by atoms with Gasteiger partial charge in [-0.05, 0) is 23.8 Å². The Morgan fingerprint density at radius 1 is 1.45 bits per heavy atom. The molecule has 1 aliphatic heterocycles. The number of nitrogens with one attached hydrogen (secondary N) is 1. The van der Waals surface area contributed by atoms with Crippen molar-refractivity contribution in [3.8, 4) is 0 Å². The summed E-state index contributed by atoms with van der Waals surface area (Å²) < 4.78 is 0.449. The first-order valence-electron chi connectivity index (χ1n) is 5.79. The summed E-state index contributed by atoms with van der Waals surface area (Å²) in [5, 5.41) is 11.9. The van der Waals surface area contributed by atoms with Gasteiger partial charge in [-0.1, -0.05) is 30.9 Å². The van der Waals surface area contributed by atoms with Gasteiger partial charge >= 0.3 is 0 Å². The minimum atomic E-state index is -0.464. The molecule has 1 N–H and O–H groups in total. The Balaban J connectivity index is 2.21. The van der Waals surface area contributed by atoms with Crippen LogP contribution in [0.1, 0.15) is 12.5 Å². The lowest BCUT2D eigenvalue weighted by molar-refractivity contribution is -0.384. The molecule has 0 aliphatic carbocycles. The zero-order valence-corrected chi connectivity index (χ0v) is 12.2. The number of nitro benzene ring substituents is 1. The van der Waals surface area contributed by atoms with Crippen molar-refractivity contribution in [2.45, 2.75) is 6.92 Å². The maximum absolute atomic E-state index is 12.1. The van der Waals surface area contributed by atoms with E-state index in [1.54, 1.807) is 18.2 Å². The van der Waals surface area contributed by atoms with Crippen molar-refractivity contribution in [1.29, 1.82) is 0 Å². The number of amides is 1. The van der Waals surface area contributed by atoms with E-state index in [4.69, 9.17) is 12.2 Å². The molecule has 104 valence electrons. The van der Waals surface area contributed by atoms with Gasteiger partial charge < -0.3 is 0 Å². The third kappa shape index (κ3) is 3.03. The van der Waals surface area contributed by atoms with E-state index in [0.717, 1.165) is 0 Å². The predicted molar refractivity (Wildman–Crippen MR) is 81.8 cm³/mol. The number of hydrogen-bond donors (Lipinski definition) is 1. The highest BCUT2D eigenvalue weighted by molar-refractivity contribution is 8.26. The van der Waals surface area contributed by atoms with Gasteiger partial charge in [0, 0.05) is 18.7 Å². The summed E-state index contributed by atoms with van der Waals surface area (Å²) in [4.78, 5) is 22.7. The van der Waals surface area contributed by atoms with E-state index >= 15 is 0 Å². The molecule has 20 heavy (non-hydrogen) atoms. The molecular formula is C12H11N3O3S2. The second kappa shape index (κ2) is 6.12. The van der Waals surface area contributed by atoms with Crippen LogP contribution in [-0.4, -0.2) is 26.7 Å². The lowest BCUT2D eigenvalue weighted by Crippen LogP contribution is -2.40. The fourth-order valence-corrected chi connectivity index (χ4v) is 2.82. The fourth-order valence-electron chi connectivity index (χ4n) is 1.61. The number of thioether (sulfide) groups is 1. The average Bonchev–Trinajstić information content (AvgIpc) is 2.67. The van der Waals surface area contributed by atoms with Crippen LogP contribution in [0.2, 0.25) is 0 Å². The third-order valence-corrected chi connectivity index (χ3v) is 3.81. The van der Waals surface area contributed by atoms with E-state index in [9.17, 15) is 14.9 Å². The molecule has 0 radical (unpaired) electrons. The quantitative estimate of drug-likeness (QED) is 0.398. The van der Waals surface area contributed by atoms with Gasteiger partial charge in [0.05, 0.1) is 9.83 Å². The Hall–Kier alpha value is -1.77. The number of benzene rings is 1. The van der Waals surface area contributed by atoms with E-state index in [1.165, 1.54) is 28.9 Å². The van der Waals surface area contributed by atoms with Crippen LogP contribution in [0.25, 0.3) is 6.08 Å². The molecule has 1 saturated heterocycles. The summed E-state index contributed by atoms with van der Waals surface area (Å²) in [6.45, 7) is 2.47. The van der Waals surface area contributed by atoms with Gasteiger partial charge in [0.25, 0.3) is 11.6 Å². The number of hydrazine groups is 1. The Labute approximate surface area is 125 Å². The summed E-state index contributed by atoms with van der Waals surface area (Å²) in [7, 11) is 0. The number of nitro groups is 1. The van der Waals surface area contributed by atoms with Crippen LogP contribution in [0.5, 0.6) is 0 Å². The van der Waals surface area contributed by atoms with Crippen LogP contribution in [0, 0.1) is 10.1 Å². The molecule has 6 nitrogen and oxygen atoms in total. The maximum Gasteiger partial charge on any atom is 0.280 e. The van der Waals surface area contributed by atoms with Crippen LogP contribution < -0.4 is 5.43 Å². The highest BCUT2D eigenvalue weighted by Crippen LogP contribution is 2.31. The van der Waals surface area contributed by atoms with Crippen LogP contribution in [0.3, 0.4) is 0 Å². The largest absolute Gasteiger partial charge is 0.280 e. The number of rotatable bonds is 4. The van der Waals surface area contributed by atoms with Crippen molar-refractivity contribution >= 4 is 46.0 Å². The Morgan fingerprint density at radius 3 is 2.65 bits per heavy atom. The van der Waals surface area contributed by atoms with Crippen molar-refractivity contribution in [2.24, 2.45) is 0 Å².